The van der Waals surface area contributed by atoms with Gasteiger partial charge in [-0.3, -0.25) is 0 Å². The molecule has 0 aromatic heterocycles. The Morgan fingerprint density at radius 2 is 0.692 bits per heavy atom. The van der Waals surface area contributed by atoms with E-state index in [1.54, 1.807) is 11.8 Å². The minimum Gasteiger partial charge on any atom is -0.207 e. The Morgan fingerprint density at radius 3 is 1.06 bits per heavy atom. The van der Waals surface area contributed by atoms with E-state index in [0.717, 1.165) is 0 Å². The van der Waals surface area contributed by atoms with Gasteiger partial charge in [-0.05, 0) is 60.7 Å². The Balaban J connectivity index is 0.000000199. The maximum Gasteiger partial charge on any atom is 0.200 e. The van der Waals surface area contributed by atoms with E-state index in [1.165, 1.54) is 31.4 Å². The molecule has 340 valence electrons. The predicted molar refractivity (Wildman–Crippen MR) is 221 cm³/mol. The molecule has 0 radical (unpaired) electrons. The first-order valence-corrected chi connectivity index (χ1v) is 21.3. The lowest BCUT2D eigenvalue weighted by Crippen LogP contribution is -2.61. The zero-order valence-electron chi connectivity index (χ0n) is 33.7. The van der Waals surface area contributed by atoms with Crippen molar-refractivity contribution < 1.29 is 65.9 Å². The van der Waals surface area contributed by atoms with Crippen molar-refractivity contribution in [1.29, 1.82) is 0 Å². The lowest BCUT2D eigenvalue weighted by atomic mass is 9.18. The summed E-state index contributed by atoms with van der Waals surface area (Å²) in [6.07, 6.45) is -4.04. The van der Waals surface area contributed by atoms with E-state index in [-0.39, 0.29) is 29.8 Å². The van der Waals surface area contributed by atoms with Crippen LogP contribution in [0.25, 0.3) is 0 Å². The highest BCUT2D eigenvalue weighted by Gasteiger charge is 2.39. The molecule has 0 saturated carbocycles. The Morgan fingerprint density at radius 1 is 0.385 bits per heavy atom. The zero-order chi connectivity index (χ0) is 47.7. The molecule has 0 aliphatic rings. The Bertz CT molecular complexity index is 2550. The molecule has 0 amide bonds. The number of hydrogen-bond donors (Lipinski definition) is 0. The second-order valence-corrected chi connectivity index (χ2v) is 17.4. The Hall–Kier alpha value is -5.75. The molecular formula is C47H32BF15S2. The third-order valence-corrected chi connectivity index (χ3v) is 13.2. The van der Waals surface area contributed by atoms with Crippen LogP contribution in [-0.2, 0) is 10.9 Å². The van der Waals surface area contributed by atoms with E-state index in [2.05, 4.69) is 115 Å². The molecule has 0 aliphatic carbocycles. The molecule has 0 spiro atoms. The van der Waals surface area contributed by atoms with Gasteiger partial charge in [-0.2, -0.15) is 13.1 Å². The number of rotatable bonds is 10. The molecule has 0 saturated heterocycles. The fraction of sp³-hybridized carbons (Fsp3) is 0.106. The lowest BCUT2D eigenvalue weighted by Gasteiger charge is -2.39. The van der Waals surface area contributed by atoms with Crippen molar-refractivity contribution >= 4 is 39.7 Å². The van der Waals surface area contributed by atoms with Crippen LogP contribution in [0, 0.1) is 87.3 Å². The lowest BCUT2D eigenvalue weighted by molar-refractivity contribution is 0.378. The molecule has 0 fully saturated rings. The molecule has 0 heterocycles. The average Bonchev–Trinajstić information content (AvgIpc) is 3.31. The standard InChI is InChI=1S/C24H19S2.C17H12BF10.C6HF5/c1-4-10-20(11-5-1)25-21-16-18-24(19-17-21)26(22-12-6-2-7-13-22)23-14-8-3-9-15-23;1-3-4-5-18(2,6-8(19)12(23)16(27)13(24)9(6)20)7-10(21)14(25)17(28)15(26)11(7)22;7-2-1-3(8)5(10)6(11)4(2)9/h1-19H;3-5H2,1-2H3;1H/q+1;-1;. The fourth-order valence-corrected chi connectivity index (χ4v) is 9.66. The molecule has 7 rings (SSSR count). The van der Waals surface area contributed by atoms with Gasteiger partial charge in [-0.1, -0.05) is 86.1 Å². The second-order valence-electron chi connectivity index (χ2n) is 14.2. The summed E-state index contributed by atoms with van der Waals surface area (Å²) >= 11 is 1.80. The van der Waals surface area contributed by atoms with Gasteiger partial charge in [0, 0.05) is 15.9 Å². The summed E-state index contributed by atoms with van der Waals surface area (Å²) in [5.74, 6) is -33.8. The number of unbranched alkanes of at least 4 members (excludes halogenated alkanes) is 1. The topological polar surface area (TPSA) is 0 Å². The van der Waals surface area contributed by atoms with Crippen LogP contribution in [0.1, 0.15) is 19.8 Å². The van der Waals surface area contributed by atoms with Gasteiger partial charge in [-0.15, -0.1) is 10.9 Å². The molecule has 0 nitrogen and oxygen atoms in total. The van der Waals surface area contributed by atoms with E-state index in [1.807, 2.05) is 0 Å². The third-order valence-electron chi connectivity index (χ3n) is 9.95. The van der Waals surface area contributed by atoms with Crippen LogP contribution in [0.4, 0.5) is 65.9 Å². The molecule has 7 aromatic carbocycles. The highest BCUT2D eigenvalue weighted by Crippen LogP contribution is 2.34. The summed E-state index contributed by atoms with van der Waals surface area (Å²) in [5, 5.41) is 0. The fourth-order valence-electron chi connectivity index (χ4n) is 6.74. The molecule has 0 N–H and O–H groups in total. The van der Waals surface area contributed by atoms with Gasteiger partial charge in [0.2, 0.25) is 5.82 Å². The van der Waals surface area contributed by atoms with E-state index < -0.39 is 111 Å². The largest absolute Gasteiger partial charge is 0.207 e. The van der Waals surface area contributed by atoms with E-state index in [9.17, 15) is 65.9 Å². The third kappa shape index (κ3) is 11.0. The van der Waals surface area contributed by atoms with Crippen molar-refractivity contribution in [1.82, 2.24) is 0 Å². The van der Waals surface area contributed by atoms with Gasteiger partial charge in [0.25, 0.3) is 0 Å². The van der Waals surface area contributed by atoms with Crippen LogP contribution in [0.2, 0.25) is 13.1 Å². The van der Waals surface area contributed by atoms with Gasteiger partial charge in [0.1, 0.15) is 23.3 Å². The predicted octanol–water partition coefficient (Wildman–Crippen LogP) is 14.4. The number of halogens is 15. The normalized spacial score (nSPS) is 11.2. The van der Waals surface area contributed by atoms with Crippen LogP contribution < -0.4 is 10.9 Å². The number of hydrogen-bond acceptors (Lipinski definition) is 1. The highest BCUT2D eigenvalue weighted by molar-refractivity contribution is 7.99. The van der Waals surface area contributed by atoms with Gasteiger partial charge < -0.3 is 0 Å². The Labute approximate surface area is 370 Å². The number of benzene rings is 7. The maximum atomic E-state index is 14.3. The first-order valence-electron chi connectivity index (χ1n) is 19.3. The molecular weight excluding hydrogens is 924 g/mol. The molecule has 65 heavy (non-hydrogen) atoms. The Kier molecular flexibility index (Phi) is 17.0. The SMILES string of the molecule is CCCC[B-](C)(c1c(F)c(F)c(F)c(F)c1F)c1c(F)c(F)c(F)c(F)c1F.Fc1cc(F)c(F)c(F)c1F.c1ccc(Sc2ccc([S+](c3ccccc3)c3ccccc3)cc2)cc1. The van der Waals surface area contributed by atoms with E-state index in [4.69, 9.17) is 0 Å². The molecule has 0 bridgehead atoms. The smallest absolute Gasteiger partial charge is 0.200 e. The minimum atomic E-state index is -3.61. The average molecular weight is 957 g/mol. The monoisotopic (exact) mass is 956 g/mol. The zero-order valence-corrected chi connectivity index (χ0v) is 35.4. The molecule has 7 aromatic rings. The maximum absolute atomic E-state index is 14.3. The molecule has 0 unspecified atom stereocenters. The van der Waals surface area contributed by atoms with Crippen molar-refractivity contribution in [2.45, 2.75) is 57.4 Å². The van der Waals surface area contributed by atoms with Gasteiger partial charge >= 0.3 is 0 Å². The van der Waals surface area contributed by atoms with Gasteiger partial charge in [0.05, 0.1) is 17.0 Å². The molecule has 18 heteroatoms. The summed E-state index contributed by atoms with van der Waals surface area (Å²) < 4.78 is 199. The van der Waals surface area contributed by atoms with Crippen molar-refractivity contribution in [2.75, 3.05) is 0 Å². The highest BCUT2D eigenvalue weighted by atomic mass is 32.2. The van der Waals surface area contributed by atoms with Crippen molar-refractivity contribution in [3.8, 4) is 0 Å². The second kappa shape index (κ2) is 22.0. The summed E-state index contributed by atoms with van der Waals surface area (Å²) in [4.78, 5) is 6.58. The van der Waals surface area contributed by atoms with Crippen LogP contribution in [0.3, 0.4) is 0 Å². The molecule has 0 aliphatic heterocycles. The van der Waals surface area contributed by atoms with Crippen molar-refractivity contribution in [3.63, 3.8) is 0 Å². The van der Waals surface area contributed by atoms with Crippen LogP contribution in [0.15, 0.2) is 146 Å². The van der Waals surface area contributed by atoms with Crippen molar-refractivity contribution in [3.05, 3.63) is 209 Å². The molecule has 0 atom stereocenters. The summed E-state index contributed by atoms with van der Waals surface area (Å²) in [5.41, 5.74) is -3.24. The first-order chi connectivity index (χ1) is 30.8. The van der Waals surface area contributed by atoms with Crippen molar-refractivity contribution in [2.24, 2.45) is 0 Å². The van der Waals surface area contributed by atoms with E-state index >= 15 is 0 Å². The van der Waals surface area contributed by atoms with Crippen LogP contribution in [-0.4, -0.2) is 6.15 Å². The van der Waals surface area contributed by atoms with Gasteiger partial charge in [-0.25, -0.2) is 65.9 Å². The quantitative estimate of drug-likeness (QED) is 0.0433. The van der Waals surface area contributed by atoms with Gasteiger partial charge in [0.15, 0.2) is 72.9 Å². The van der Waals surface area contributed by atoms with E-state index in [0.29, 0.717) is 6.82 Å². The minimum absolute atomic E-state index is 0.0600. The van der Waals surface area contributed by atoms with Crippen LogP contribution >= 0.6 is 11.8 Å². The summed E-state index contributed by atoms with van der Waals surface area (Å²) in [7, 11) is -0.0786. The van der Waals surface area contributed by atoms with Crippen LogP contribution in [0.5, 0.6) is 0 Å². The first kappa shape index (κ1) is 50.3. The summed E-state index contributed by atoms with van der Waals surface area (Å²) in [6.45, 7) is 2.25. The summed E-state index contributed by atoms with van der Waals surface area (Å²) in [6, 6.07) is 41.0.